The second-order valence-corrected chi connectivity index (χ2v) is 4.67. The molecule has 0 saturated carbocycles. The van der Waals surface area contributed by atoms with Gasteiger partial charge >= 0.3 is 5.97 Å². The fourth-order valence-electron chi connectivity index (χ4n) is 1.99. The molecule has 5 nitrogen and oxygen atoms in total. The van der Waals surface area contributed by atoms with Crippen molar-refractivity contribution in [3.8, 4) is 5.75 Å². The van der Waals surface area contributed by atoms with Crippen molar-refractivity contribution in [3.63, 3.8) is 0 Å². The summed E-state index contributed by atoms with van der Waals surface area (Å²) in [6.45, 7) is 5.18. The quantitative estimate of drug-likeness (QED) is 0.879. The molecule has 0 aliphatic heterocycles. The molecule has 0 unspecified atom stereocenters. The number of hydrogen-bond acceptors (Lipinski definition) is 3. The predicted octanol–water partition coefficient (Wildman–Crippen LogP) is 2.88. The molecule has 1 heterocycles. The van der Waals surface area contributed by atoms with E-state index in [1.807, 2.05) is 11.5 Å². The van der Waals surface area contributed by atoms with Crippen molar-refractivity contribution in [3.05, 3.63) is 47.5 Å². The van der Waals surface area contributed by atoms with Crippen molar-refractivity contribution < 1.29 is 14.6 Å². The summed E-state index contributed by atoms with van der Waals surface area (Å²) in [6, 6.07) is 5.07. The lowest BCUT2D eigenvalue weighted by Crippen LogP contribution is -2.07. The molecular formula is C15H18N2O3. The molecule has 0 spiro atoms. The Morgan fingerprint density at radius 1 is 1.45 bits per heavy atom. The lowest BCUT2D eigenvalue weighted by Gasteiger charge is -2.11. The summed E-state index contributed by atoms with van der Waals surface area (Å²) in [7, 11) is 0. The van der Waals surface area contributed by atoms with Crippen LogP contribution in [-0.2, 0) is 13.2 Å². The van der Waals surface area contributed by atoms with Gasteiger partial charge in [-0.25, -0.2) is 9.78 Å². The third-order valence-corrected chi connectivity index (χ3v) is 3.01. The minimum atomic E-state index is -0.984. The largest absolute Gasteiger partial charge is 0.486 e. The van der Waals surface area contributed by atoms with E-state index in [0.29, 0.717) is 12.4 Å². The van der Waals surface area contributed by atoms with Crippen molar-refractivity contribution in [2.24, 2.45) is 0 Å². The van der Waals surface area contributed by atoms with Gasteiger partial charge < -0.3 is 14.4 Å². The maximum atomic E-state index is 11.2. The van der Waals surface area contributed by atoms with Gasteiger partial charge in [0.15, 0.2) is 0 Å². The smallest absolute Gasteiger partial charge is 0.339 e. The lowest BCUT2D eigenvalue weighted by atomic mass is 10.1. The normalized spacial score (nSPS) is 10.5. The SMILES string of the molecule is CCCn1cncc1COc1cc(C)ccc1C(=O)O. The lowest BCUT2D eigenvalue weighted by molar-refractivity contribution is 0.0691. The van der Waals surface area contributed by atoms with Crippen LogP contribution in [0.15, 0.2) is 30.7 Å². The number of ether oxygens (including phenoxy) is 1. The van der Waals surface area contributed by atoms with Crippen molar-refractivity contribution in [1.29, 1.82) is 0 Å². The Balaban J connectivity index is 2.16. The molecule has 0 amide bonds. The van der Waals surface area contributed by atoms with Gasteiger partial charge in [0.1, 0.15) is 17.9 Å². The van der Waals surface area contributed by atoms with E-state index in [2.05, 4.69) is 11.9 Å². The van der Waals surface area contributed by atoms with Crippen LogP contribution in [0.25, 0.3) is 0 Å². The number of aromatic carboxylic acids is 1. The Morgan fingerprint density at radius 3 is 2.95 bits per heavy atom. The molecule has 1 aromatic heterocycles. The van der Waals surface area contributed by atoms with E-state index < -0.39 is 5.97 Å². The zero-order valence-electron chi connectivity index (χ0n) is 11.7. The van der Waals surface area contributed by atoms with Gasteiger partial charge in [0.25, 0.3) is 0 Å². The Labute approximate surface area is 117 Å². The number of carboxylic acid groups (broad SMARTS) is 1. The summed E-state index contributed by atoms with van der Waals surface area (Å²) < 4.78 is 7.68. The van der Waals surface area contributed by atoms with Crippen LogP contribution >= 0.6 is 0 Å². The van der Waals surface area contributed by atoms with E-state index in [0.717, 1.165) is 24.2 Å². The first kappa shape index (κ1) is 14.1. The number of rotatable bonds is 6. The maximum Gasteiger partial charge on any atom is 0.339 e. The van der Waals surface area contributed by atoms with E-state index in [1.165, 1.54) is 0 Å². The highest BCUT2D eigenvalue weighted by atomic mass is 16.5. The molecule has 2 aromatic rings. The van der Waals surface area contributed by atoms with E-state index in [4.69, 9.17) is 9.84 Å². The van der Waals surface area contributed by atoms with Crippen molar-refractivity contribution >= 4 is 5.97 Å². The predicted molar refractivity (Wildman–Crippen MR) is 75.0 cm³/mol. The molecule has 0 radical (unpaired) electrons. The second-order valence-electron chi connectivity index (χ2n) is 4.67. The van der Waals surface area contributed by atoms with E-state index in [-0.39, 0.29) is 5.56 Å². The van der Waals surface area contributed by atoms with Crippen LogP contribution in [0.1, 0.15) is 35.0 Å². The first-order valence-corrected chi connectivity index (χ1v) is 6.57. The molecule has 106 valence electrons. The number of hydrogen-bond donors (Lipinski definition) is 1. The van der Waals surface area contributed by atoms with Crippen LogP contribution in [0.4, 0.5) is 0 Å². The highest BCUT2D eigenvalue weighted by Gasteiger charge is 2.12. The van der Waals surface area contributed by atoms with Gasteiger partial charge in [-0.15, -0.1) is 0 Å². The fourth-order valence-corrected chi connectivity index (χ4v) is 1.99. The average Bonchev–Trinajstić information content (AvgIpc) is 2.84. The number of carbonyl (C=O) groups is 1. The van der Waals surface area contributed by atoms with Crippen molar-refractivity contribution in [2.75, 3.05) is 0 Å². The van der Waals surface area contributed by atoms with Crippen molar-refractivity contribution in [1.82, 2.24) is 9.55 Å². The number of imidazole rings is 1. The number of nitrogens with zero attached hydrogens (tertiary/aromatic N) is 2. The molecule has 0 aliphatic rings. The molecule has 1 N–H and O–H groups in total. The topological polar surface area (TPSA) is 64.4 Å². The van der Waals surface area contributed by atoms with Gasteiger partial charge in [-0.1, -0.05) is 13.0 Å². The third-order valence-electron chi connectivity index (χ3n) is 3.01. The standard InChI is InChI=1S/C15H18N2O3/c1-3-6-17-10-16-8-12(17)9-20-14-7-11(2)4-5-13(14)15(18)19/h4-5,7-8,10H,3,6,9H2,1-2H3,(H,18,19). The fraction of sp³-hybridized carbons (Fsp3) is 0.333. The number of aryl methyl sites for hydroxylation is 2. The summed E-state index contributed by atoms with van der Waals surface area (Å²) in [5, 5.41) is 9.16. The molecule has 0 fully saturated rings. The summed E-state index contributed by atoms with van der Waals surface area (Å²) in [5.41, 5.74) is 2.08. The van der Waals surface area contributed by atoms with Crippen LogP contribution in [0.3, 0.4) is 0 Å². The van der Waals surface area contributed by atoms with E-state index in [9.17, 15) is 4.79 Å². The van der Waals surface area contributed by atoms with E-state index in [1.54, 1.807) is 30.7 Å². The van der Waals surface area contributed by atoms with Gasteiger partial charge in [0, 0.05) is 6.54 Å². The minimum Gasteiger partial charge on any atom is -0.486 e. The number of carboxylic acids is 1. The monoisotopic (exact) mass is 274 g/mol. The molecule has 0 atom stereocenters. The molecule has 20 heavy (non-hydrogen) atoms. The maximum absolute atomic E-state index is 11.2. The van der Waals surface area contributed by atoms with E-state index >= 15 is 0 Å². The Kier molecular flexibility index (Phi) is 4.40. The summed E-state index contributed by atoms with van der Waals surface area (Å²) >= 11 is 0. The van der Waals surface area contributed by atoms with Crippen LogP contribution < -0.4 is 4.74 Å². The zero-order valence-corrected chi connectivity index (χ0v) is 11.7. The first-order chi connectivity index (χ1) is 9.61. The van der Waals surface area contributed by atoms with Gasteiger partial charge in [-0.2, -0.15) is 0 Å². The molecule has 5 heteroatoms. The van der Waals surface area contributed by atoms with Gasteiger partial charge in [-0.05, 0) is 31.0 Å². The van der Waals surface area contributed by atoms with Gasteiger partial charge in [0.05, 0.1) is 18.2 Å². The molecular weight excluding hydrogens is 256 g/mol. The first-order valence-electron chi connectivity index (χ1n) is 6.57. The minimum absolute atomic E-state index is 0.178. The van der Waals surface area contributed by atoms with Crippen LogP contribution in [0.5, 0.6) is 5.75 Å². The van der Waals surface area contributed by atoms with Crippen LogP contribution in [0.2, 0.25) is 0 Å². The number of aromatic nitrogens is 2. The highest BCUT2D eigenvalue weighted by Crippen LogP contribution is 2.21. The molecule has 0 saturated heterocycles. The average molecular weight is 274 g/mol. The Hall–Kier alpha value is -2.30. The van der Waals surface area contributed by atoms with Crippen LogP contribution in [0, 0.1) is 6.92 Å². The summed E-state index contributed by atoms with van der Waals surface area (Å²) in [5.74, 6) is -0.594. The van der Waals surface area contributed by atoms with Gasteiger partial charge in [0.2, 0.25) is 0 Å². The second kappa shape index (κ2) is 6.23. The Morgan fingerprint density at radius 2 is 2.25 bits per heavy atom. The van der Waals surface area contributed by atoms with Gasteiger partial charge in [-0.3, -0.25) is 0 Å². The zero-order chi connectivity index (χ0) is 14.5. The molecule has 2 rings (SSSR count). The highest BCUT2D eigenvalue weighted by molar-refractivity contribution is 5.90. The van der Waals surface area contributed by atoms with Crippen LogP contribution in [-0.4, -0.2) is 20.6 Å². The summed E-state index contributed by atoms with van der Waals surface area (Å²) in [4.78, 5) is 15.3. The molecule has 0 aliphatic carbocycles. The summed E-state index contributed by atoms with van der Waals surface area (Å²) in [6.07, 6.45) is 4.51. The molecule has 0 bridgehead atoms. The third kappa shape index (κ3) is 3.17. The van der Waals surface area contributed by atoms with Crippen molar-refractivity contribution in [2.45, 2.75) is 33.4 Å². The number of benzene rings is 1. The Bertz CT molecular complexity index is 605. The molecule has 1 aromatic carbocycles.